The molecule has 0 amide bonds. The summed E-state index contributed by atoms with van der Waals surface area (Å²) >= 11 is 0. The normalized spacial score (nSPS) is 21.8. The van der Waals surface area contributed by atoms with Crippen LogP contribution in [0.15, 0.2) is 24.3 Å². The highest BCUT2D eigenvalue weighted by atomic mass is 19.2. The molecule has 8 heteroatoms. The molecule has 39 heavy (non-hydrogen) atoms. The molecule has 1 unspecified atom stereocenters. The predicted octanol–water partition coefficient (Wildman–Crippen LogP) is 9.17. The highest BCUT2D eigenvalue weighted by Gasteiger charge is 2.44. The van der Waals surface area contributed by atoms with Crippen molar-refractivity contribution in [3.8, 4) is 11.5 Å². The second kappa shape index (κ2) is 12.7. The predicted molar refractivity (Wildman–Crippen MR) is 138 cm³/mol. The molecule has 0 spiro atoms. The van der Waals surface area contributed by atoms with Crippen LogP contribution in [0.1, 0.15) is 94.8 Å². The quantitative estimate of drug-likeness (QED) is 0.135. The van der Waals surface area contributed by atoms with Crippen molar-refractivity contribution in [3.05, 3.63) is 58.9 Å². The Bertz CT molecular complexity index is 1110. The van der Waals surface area contributed by atoms with Crippen LogP contribution in [0, 0.1) is 52.3 Å². The number of carbonyl (C=O) groups excluding carboxylic acids is 1. The zero-order valence-corrected chi connectivity index (χ0v) is 22.6. The molecule has 0 saturated heterocycles. The van der Waals surface area contributed by atoms with E-state index in [0.29, 0.717) is 30.1 Å². The van der Waals surface area contributed by atoms with Crippen LogP contribution >= 0.6 is 0 Å². The molecule has 0 N–H and O–H groups in total. The average molecular weight is 553 g/mol. The summed E-state index contributed by atoms with van der Waals surface area (Å²) in [6.07, 6.45) is 13.4. The minimum atomic E-state index is -1.75. The van der Waals surface area contributed by atoms with Crippen molar-refractivity contribution in [2.24, 2.45) is 23.2 Å². The van der Waals surface area contributed by atoms with E-state index in [1.54, 1.807) is 0 Å². The van der Waals surface area contributed by atoms with Gasteiger partial charge in [0.2, 0.25) is 0 Å². The Morgan fingerprint density at radius 1 is 0.872 bits per heavy atom. The third kappa shape index (κ3) is 6.58. The van der Waals surface area contributed by atoms with Crippen LogP contribution in [-0.4, -0.2) is 12.6 Å². The second-order valence-corrected chi connectivity index (χ2v) is 11.4. The zero-order chi connectivity index (χ0) is 28.2. The first kappa shape index (κ1) is 29.3. The van der Waals surface area contributed by atoms with Crippen LogP contribution in [0.3, 0.4) is 0 Å². The number of esters is 1. The van der Waals surface area contributed by atoms with Gasteiger partial charge in [0.05, 0.1) is 6.61 Å². The van der Waals surface area contributed by atoms with E-state index in [9.17, 15) is 26.7 Å². The molecule has 0 radical (unpaired) electrons. The Labute approximate surface area is 227 Å². The molecular weight excluding hydrogens is 515 g/mol. The molecule has 0 aliphatic heterocycles. The lowest BCUT2D eigenvalue weighted by Crippen LogP contribution is -2.41. The van der Waals surface area contributed by atoms with E-state index in [0.717, 1.165) is 43.7 Å². The summed E-state index contributed by atoms with van der Waals surface area (Å²) in [5, 5.41) is 0. The molecule has 2 saturated carbocycles. The van der Waals surface area contributed by atoms with Crippen molar-refractivity contribution >= 4 is 5.97 Å². The second-order valence-electron chi connectivity index (χ2n) is 11.4. The Morgan fingerprint density at radius 3 is 2.00 bits per heavy atom. The molecule has 2 aromatic rings. The van der Waals surface area contributed by atoms with Gasteiger partial charge in [-0.05, 0) is 61.7 Å². The van der Waals surface area contributed by atoms with E-state index in [1.165, 1.54) is 44.9 Å². The molecule has 2 aliphatic carbocycles. The Hall–Kier alpha value is -2.64. The Balaban J connectivity index is 1.34. The van der Waals surface area contributed by atoms with Gasteiger partial charge in [-0.3, -0.25) is 0 Å². The van der Waals surface area contributed by atoms with Crippen molar-refractivity contribution in [2.45, 2.75) is 84.5 Å². The number of hydrogen-bond donors (Lipinski definition) is 0. The van der Waals surface area contributed by atoms with Crippen LogP contribution < -0.4 is 9.47 Å². The number of ether oxygens (including phenoxy) is 2. The van der Waals surface area contributed by atoms with Gasteiger partial charge in [0.25, 0.3) is 0 Å². The van der Waals surface area contributed by atoms with E-state index in [4.69, 9.17) is 4.74 Å². The molecule has 2 fully saturated rings. The van der Waals surface area contributed by atoms with Gasteiger partial charge in [0.15, 0.2) is 17.5 Å². The number of benzene rings is 2. The van der Waals surface area contributed by atoms with Crippen LogP contribution in [0.2, 0.25) is 0 Å². The first-order chi connectivity index (χ1) is 18.6. The molecule has 2 aliphatic rings. The van der Waals surface area contributed by atoms with E-state index in [1.807, 2.05) is 0 Å². The monoisotopic (exact) mass is 552 g/mol. The van der Waals surface area contributed by atoms with Gasteiger partial charge in [-0.25, -0.2) is 26.7 Å². The zero-order valence-electron chi connectivity index (χ0n) is 22.6. The standard InChI is InChI=1S/C31H37F5O3/c1-3-7-19(2)31(12-5-4-6-13-31)21-10-8-20(9-11-21)18-38-22-14-24(32)28(25(33)15-22)30(37)39-23-16-26(34)29(36)27(35)17-23/h14-17,19-21H,3-13,18H2,1-2H3. The van der Waals surface area contributed by atoms with Gasteiger partial charge in [-0.2, -0.15) is 0 Å². The van der Waals surface area contributed by atoms with E-state index >= 15 is 0 Å². The fraction of sp³-hybridized carbons (Fsp3) is 0.581. The fourth-order valence-corrected chi connectivity index (χ4v) is 6.93. The van der Waals surface area contributed by atoms with Gasteiger partial charge in [0, 0.05) is 24.3 Å². The van der Waals surface area contributed by atoms with Gasteiger partial charge in [-0.1, -0.05) is 46.0 Å². The SMILES string of the molecule is CCCC(C)C1(C2CCC(COc3cc(F)c(C(=O)Oc4cc(F)c(F)c(F)c4)c(F)c3)CC2)CCCCC1. The smallest absolute Gasteiger partial charge is 0.349 e. The van der Waals surface area contributed by atoms with E-state index in [2.05, 4.69) is 18.6 Å². The number of halogens is 5. The van der Waals surface area contributed by atoms with Gasteiger partial charge in [0.1, 0.15) is 28.7 Å². The van der Waals surface area contributed by atoms with E-state index < -0.39 is 46.4 Å². The van der Waals surface area contributed by atoms with Gasteiger partial charge < -0.3 is 9.47 Å². The molecule has 0 aromatic heterocycles. The van der Waals surface area contributed by atoms with Gasteiger partial charge in [-0.15, -0.1) is 0 Å². The number of hydrogen-bond acceptors (Lipinski definition) is 3. The Morgan fingerprint density at radius 2 is 1.44 bits per heavy atom. The average Bonchev–Trinajstić information content (AvgIpc) is 2.91. The minimum Gasteiger partial charge on any atom is -0.493 e. The van der Waals surface area contributed by atoms with Crippen molar-refractivity contribution in [1.82, 2.24) is 0 Å². The molecule has 0 bridgehead atoms. The maximum absolute atomic E-state index is 14.7. The molecule has 3 nitrogen and oxygen atoms in total. The van der Waals surface area contributed by atoms with Gasteiger partial charge >= 0.3 is 5.97 Å². The third-order valence-electron chi connectivity index (χ3n) is 9.02. The van der Waals surface area contributed by atoms with Crippen molar-refractivity contribution in [2.75, 3.05) is 6.61 Å². The summed E-state index contributed by atoms with van der Waals surface area (Å²) in [4.78, 5) is 12.3. The lowest BCUT2D eigenvalue weighted by atomic mass is 9.55. The maximum Gasteiger partial charge on any atom is 0.349 e. The molecule has 1 atom stereocenters. The van der Waals surface area contributed by atoms with Crippen molar-refractivity contribution in [3.63, 3.8) is 0 Å². The lowest BCUT2D eigenvalue weighted by Gasteiger charge is -2.50. The fourth-order valence-electron chi connectivity index (χ4n) is 6.93. The van der Waals surface area contributed by atoms with Crippen molar-refractivity contribution in [1.29, 1.82) is 0 Å². The number of rotatable bonds is 9. The highest BCUT2D eigenvalue weighted by molar-refractivity contribution is 5.91. The lowest BCUT2D eigenvalue weighted by molar-refractivity contribution is -0.00391. The van der Waals surface area contributed by atoms with Crippen LogP contribution in [0.5, 0.6) is 11.5 Å². The van der Waals surface area contributed by atoms with E-state index in [-0.39, 0.29) is 11.7 Å². The first-order valence-corrected chi connectivity index (χ1v) is 14.1. The summed E-state index contributed by atoms with van der Waals surface area (Å²) in [5.74, 6) is -7.97. The molecule has 4 rings (SSSR count). The minimum absolute atomic E-state index is 0.0529. The number of carbonyl (C=O) groups is 1. The molecule has 0 heterocycles. The molecular formula is C31H37F5O3. The maximum atomic E-state index is 14.7. The first-order valence-electron chi connectivity index (χ1n) is 14.1. The summed E-state index contributed by atoms with van der Waals surface area (Å²) in [5.41, 5.74) is -0.602. The molecule has 214 valence electrons. The van der Waals surface area contributed by atoms with Crippen LogP contribution in [0.4, 0.5) is 22.0 Å². The molecule has 2 aromatic carbocycles. The van der Waals surface area contributed by atoms with Crippen molar-refractivity contribution < 1.29 is 36.2 Å². The highest BCUT2D eigenvalue weighted by Crippen LogP contribution is 2.54. The topological polar surface area (TPSA) is 35.5 Å². The summed E-state index contributed by atoms with van der Waals surface area (Å²) in [6, 6.07) is 2.61. The van der Waals surface area contributed by atoms with Crippen LogP contribution in [0.25, 0.3) is 0 Å². The largest absolute Gasteiger partial charge is 0.493 e. The Kier molecular flexibility index (Phi) is 9.55. The van der Waals surface area contributed by atoms with Crippen LogP contribution in [-0.2, 0) is 0 Å². The summed E-state index contributed by atoms with van der Waals surface area (Å²) < 4.78 is 79.6. The third-order valence-corrected chi connectivity index (χ3v) is 9.02. The summed E-state index contributed by atoms with van der Waals surface area (Å²) in [7, 11) is 0. The summed E-state index contributed by atoms with van der Waals surface area (Å²) in [6.45, 7) is 5.01.